The van der Waals surface area contributed by atoms with Crippen LogP contribution in [-0.4, -0.2) is 25.5 Å². The molecule has 0 fully saturated rings. The molecule has 1 aliphatic heterocycles. The minimum Gasteiger partial charge on any atom is -0.352 e. The van der Waals surface area contributed by atoms with Crippen LogP contribution in [-0.2, 0) is 11.2 Å². The Hall–Kier alpha value is -1.32. The van der Waals surface area contributed by atoms with E-state index in [2.05, 4.69) is 10.6 Å². The summed E-state index contributed by atoms with van der Waals surface area (Å²) >= 11 is 6.08. The van der Waals surface area contributed by atoms with Gasteiger partial charge in [-0.25, -0.2) is 0 Å². The lowest BCUT2D eigenvalue weighted by Gasteiger charge is -2.14. The van der Waals surface area contributed by atoms with E-state index >= 15 is 0 Å². The van der Waals surface area contributed by atoms with Crippen LogP contribution in [0, 0.1) is 0 Å². The summed E-state index contributed by atoms with van der Waals surface area (Å²) in [6, 6.07) is 7.83. The van der Waals surface area contributed by atoms with E-state index in [1.807, 2.05) is 30.3 Å². The number of hydrogen-bond acceptors (Lipinski definition) is 2. The molecule has 1 aromatic carbocycles. The Morgan fingerprint density at radius 3 is 2.95 bits per heavy atom. The third-order valence-electron chi connectivity index (χ3n) is 3.19. The van der Waals surface area contributed by atoms with Gasteiger partial charge < -0.3 is 10.6 Å². The maximum Gasteiger partial charge on any atom is 0.248 e. The molecular formula is C15H19ClN2O. The molecule has 0 spiro atoms. The lowest BCUT2D eigenvalue weighted by atomic mass is 10.1. The molecule has 0 saturated carbocycles. The average molecular weight is 279 g/mol. The van der Waals surface area contributed by atoms with Gasteiger partial charge in [-0.2, -0.15) is 0 Å². The van der Waals surface area contributed by atoms with Crippen molar-refractivity contribution in [3.8, 4) is 0 Å². The fraction of sp³-hybridized carbons (Fsp3) is 0.400. The molecule has 0 radical (unpaired) electrons. The Kier molecular flexibility index (Phi) is 5.43. The molecule has 4 heteroatoms. The van der Waals surface area contributed by atoms with Gasteiger partial charge in [0.05, 0.1) is 0 Å². The molecule has 0 atom stereocenters. The van der Waals surface area contributed by atoms with Crippen molar-refractivity contribution in [2.24, 2.45) is 0 Å². The first-order valence-corrected chi connectivity index (χ1v) is 7.06. The smallest absolute Gasteiger partial charge is 0.248 e. The Labute approximate surface area is 119 Å². The van der Waals surface area contributed by atoms with Gasteiger partial charge in [0.1, 0.15) is 0 Å². The number of carbonyl (C=O) groups is 1. The second kappa shape index (κ2) is 7.31. The highest BCUT2D eigenvalue weighted by Crippen LogP contribution is 2.16. The summed E-state index contributed by atoms with van der Waals surface area (Å²) in [6.45, 7) is 2.32. The highest BCUT2D eigenvalue weighted by Gasteiger charge is 2.10. The summed E-state index contributed by atoms with van der Waals surface area (Å²) in [7, 11) is 0. The molecule has 0 saturated heterocycles. The summed E-state index contributed by atoms with van der Waals surface area (Å²) in [5.41, 5.74) is 1.99. The van der Waals surface area contributed by atoms with Crippen LogP contribution in [0.2, 0.25) is 5.02 Å². The van der Waals surface area contributed by atoms with E-state index in [4.69, 9.17) is 11.6 Å². The van der Waals surface area contributed by atoms with E-state index in [1.165, 1.54) is 0 Å². The molecule has 2 N–H and O–H groups in total. The molecule has 102 valence electrons. The second-order valence-electron chi connectivity index (χ2n) is 4.65. The van der Waals surface area contributed by atoms with Crippen molar-refractivity contribution in [1.82, 2.24) is 10.6 Å². The van der Waals surface area contributed by atoms with E-state index < -0.39 is 0 Å². The minimum atomic E-state index is 0.0476. The summed E-state index contributed by atoms with van der Waals surface area (Å²) in [5, 5.41) is 6.94. The average Bonchev–Trinajstić information content (AvgIpc) is 2.46. The van der Waals surface area contributed by atoms with Gasteiger partial charge in [0, 0.05) is 23.7 Å². The molecular weight excluding hydrogens is 260 g/mol. The van der Waals surface area contributed by atoms with Gasteiger partial charge in [0.25, 0.3) is 0 Å². The van der Waals surface area contributed by atoms with Crippen LogP contribution in [0.4, 0.5) is 0 Å². The van der Waals surface area contributed by atoms with Gasteiger partial charge in [0.2, 0.25) is 5.91 Å². The van der Waals surface area contributed by atoms with Crippen LogP contribution in [0.5, 0.6) is 0 Å². The summed E-state index contributed by atoms with van der Waals surface area (Å²) in [4.78, 5) is 11.8. The maximum absolute atomic E-state index is 11.8. The van der Waals surface area contributed by atoms with Crippen molar-refractivity contribution >= 4 is 17.5 Å². The third kappa shape index (κ3) is 4.37. The van der Waals surface area contributed by atoms with Crippen LogP contribution in [0.3, 0.4) is 0 Å². The van der Waals surface area contributed by atoms with E-state index in [9.17, 15) is 4.79 Å². The number of halogens is 1. The molecule has 1 aromatic rings. The first kappa shape index (κ1) is 14.1. The van der Waals surface area contributed by atoms with Gasteiger partial charge >= 0.3 is 0 Å². The quantitative estimate of drug-likeness (QED) is 0.812. The van der Waals surface area contributed by atoms with Gasteiger partial charge in [-0.3, -0.25) is 4.79 Å². The number of nitrogens with one attached hydrogen (secondary N) is 2. The van der Waals surface area contributed by atoms with E-state index in [1.54, 1.807) is 0 Å². The standard InChI is InChI=1S/C15H19ClN2O/c16-14-8-2-1-5-12(14)6-4-10-18-15(19)13-7-3-9-17-11-13/h1-2,5,7-8,17H,3-4,6,9-11H2,(H,18,19). The molecule has 19 heavy (non-hydrogen) atoms. The zero-order chi connectivity index (χ0) is 13.5. The third-order valence-corrected chi connectivity index (χ3v) is 3.55. The zero-order valence-corrected chi connectivity index (χ0v) is 11.7. The van der Waals surface area contributed by atoms with Crippen LogP contribution >= 0.6 is 11.6 Å². The Morgan fingerprint density at radius 1 is 1.37 bits per heavy atom. The first-order valence-electron chi connectivity index (χ1n) is 6.69. The molecule has 0 unspecified atom stereocenters. The van der Waals surface area contributed by atoms with Crippen molar-refractivity contribution < 1.29 is 4.79 Å². The number of aryl methyl sites for hydroxylation is 1. The van der Waals surface area contributed by atoms with Crippen molar-refractivity contribution in [3.05, 3.63) is 46.5 Å². The SMILES string of the molecule is O=C(NCCCc1ccccc1Cl)C1=CCCNC1. The van der Waals surface area contributed by atoms with E-state index in [0.29, 0.717) is 13.1 Å². The summed E-state index contributed by atoms with van der Waals surface area (Å²) in [5.74, 6) is 0.0476. The van der Waals surface area contributed by atoms with E-state index in [-0.39, 0.29) is 5.91 Å². The molecule has 3 nitrogen and oxygen atoms in total. The molecule has 0 aromatic heterocycles. The molecule has 2 rings (SSSR count). The lowest BCUT2D eigenvalue weighted by molar-refractivity contribution is -0.117. The number of carbonyl (C=O) groups excluding carboxylic acids is 1. The molecule has 1 amide bonds. The fourth-order valence-electron chi connectivity index (χ4n) is 2.11. The Balaban J connectivity index is 1.71. The normalized spacial score (nSPS) is 14.9. The second-order valence-corrected chi connectivity index (χ2v) is 5.05. The molecule has 0 aliphatic carbocycles. The van der Waals surface area contributed by atoms with Crippen molar-refractivity contribution in [3.63, 3.8) is 0 Å². The van der Waals surface area contributed by atoms with Gasteiger partial charge in [-0.15, -0.1) is 0 Å². The Morgan fingerprint density at radius 2 is 2.21 bits per heavy atom. The predicted octanol–water partition coefficient (Wildman–Crippen LogP) is 2.31. The highest BCUT2D eigenvalue weighted by atomic mass is 35.5. The summed E-state index contributed by atoms with van der Waals surface area (Å²) in [6.07, 6.45) is 4.73. The van der Waals surface area contributed by atoms with Crippen LogP contribution < -0.4 is 10.6 Å². The zero-order valence-electron chi connectivity index (χ0n) is 10.9. The van der Waals surface area contributed by atoms with Gasteiger partial charge in [-0.05, 0) is 37.4 Å². The first-order chi connectivity index (χ1) is 9.27. The number of benzene rings is 1. The molecule has 0 bridgehead atoms. The van der Waals surface area contributed by atoms with Crippen LogP contribution in [0.1, 0.15) is 18.4 Å². The van der Waals surface area contributed by atoms with Crippen molar-refractivity contribution in [2.75, 3.05) is 19.6 Å². The van der Waals surface area contributed by atoms with Gasteiger partial charge in [-0.1, -0.05) is 35.9 Å². The topological polar surface area (TPSA) is 41.1 Å². The fourth-order valence-corrected chi connectivity index (χ4v) is 2.34. The monoisotopic (exact) mass is 278 g/mol. The van der Waals surface area contributed by atoms with Crippen LogP contribution in [0.15, 0.2) is 35.9 Å². The largest absolute Gasteiger partial charge is 0.352 e. The minimum absolute atomic E-state index is 0.0476. The number of amides is 1. The highest BCUT2D eigenvalue weighted by molar-refractivity contribution is 6.31. The Bertz CT molecular complexity index is 471. The molecule has 1 aliphatic rings. The summed E-state index contributed by atoms with van der Waals surface area (Å²) < 4.78 is 0. The lowest BCUT2D eigenvalue weighted by Crippen LogP contribution is -2.33. The number of rotatable bonds is 5. The number of hydrogen-bond donors (Lipinski definition) is 2. The van der Waals surface area contributed by atoms with Crippen molar-refractivity contribution in [1.29, 1.82) is 0 Å². The van der Waals surface area contributed by atoms with Crippen molar-refractivity contribution in [2.45, 2.75) is 19.3 Å². The van der Waals surface area contributed by atoms with Crippen LogP contribution in [0.25, 0.3) is 0 Å². The maximum atomic E-state index is 11.8. The predicted molar refractivity (Wildman–Crippen MR) is 78.4 cm³/mol. The molecule has 1 heterocycles. The van der Waals surface area contributed by atoms with E-state index in [0.717, 1.165) is 42.0 Å². The van der Waals surface area contributed by atoms with Gasteiger partial charge in [0.15, 0.2) is 0 Å².